The zero-order valence-electron chi connectivity index (χ0n) is 10.3. The van der Waals surface area contributed by atoms with Crippen LogP contribution in [0.5, 0.6) is 0 Å². The SMILES string of the molecule is c1ccc2sc(NCc3nnc4n3CCC4)nc2c1. The highest BCUT2D eigenvalue weighted by molar-refractivity contribution is 7.22. The molecular weight excluding hydrogens is 258 g/mol. The van der Waals surface area contributed by atoms with Crippen LogP contribution in [0.2, 0.25) is 0 Å². The Morgan fingerprint density at radius 2 is 2.21 bits per heavy atom. The summed E-state index contributed by atoms with van der Waals surface area (Å²) in [5, 5.41) is 12.7. The molecule has 0 aliphatic carbocycles. The standard InChI is InChI=1S/C13H13N5S/c1-2-5-10-9(4-1)15-13(19-10)14-8-12-17-16-11-6-3-7-18(11)12/h1-2,4-5H,3,6-8H2,(H,14,15). The Bertz CT molecular complexity index is 697. The monoisotopic (exact) mass is 271 g/mol. The predicted molar refractivity (Wildman–Crippen MR) is 75.3 cm³/mol. The molecule has 0 saturated heterocycles. The van der Waals surface area contributed by atoms with Gasteiger partial charge in [-0.25, -0.2) is 4.98 Å². The lowest BCUT2D eigenvalue weighted by atomic mass is 10.3. The van der Waals surface area contributed by atoms with Crippen molar-refractivity contribution in [2.75, 3.05) is 5.32 Å². The van der Waals surface area contributed by atoms with Gasteiger partial charge in [0.05, 0.1) is 16.8 Å². The average molecular weight is 271 g/mol. The fourth-order valence-corrected chi connectivity index (χ4v) is 3.31. The van der Waals surface area contributed by atoms with Crippen molar-refractivity contribution < 1.29 is 0 Å². The molecule has 0 saturated carbocycles. The van der Waals surface area contributed by atoms with Crippen LogP contribution in [0.4, 0.5) is 5.13 Å². The fraction of sp³-hybridized carbons (Fsp3) is 0.308. The van der Waals surface area contributed by atoms with Crippen LogP contribution < -0.4 is 5.32 Å². The molecule has 5 nitrogen and oxygen atoms in total. The Kier molecular flexibility index (Phi) is 2.48. The van der Waals surface area contributed by atoms with Crippen LogP contribution in [0.15, 0.2) is 24.3 Å². The van der Waals surface area contributed by atoms with Gasteiger partial charge in [-0.1, -0.05) is 23.5 Å². The summed E-state index contributed by atoms with van der Waals surface area (Å²) >= 11 is 1.67. The van der Waals surface area contributed by atoms with E-state index in [-0.39, 0.29) is 0 Å². The minimum Gasteiger partial charge on any atom is -0.354 e. The number of anilines is 1. The summed E-state index contributed by atoms with van der Waals surface area (Å²) in [5.74, 6) is 2.12. The van der Waals surface area contributed by atoms with Gasteiger partial charge in [-0.05, 0) is 18.6 Å². The molecule has 3 aromatic rings. The number of thiazole rings is 1. The second-order valence-corrected chi connectivity index (χ2v) is 5.66. The lowest BCUT2D eigenvalue weighted by Crippen LogP contribution is -2.07. The molecule has 0 unspecified atom stereocenters. The second-order valence-electron chi connectivity index (χ2n) is 4.63. The highest BCUT2D eigenvalue weighted by atomic mass is 32.1. The van der Waals surface area contributed by atoms with Crippen LogP contribution in [0.25, 0.3) is 10.2 Å². The van der Waals surface area contributed by atoms with Crippen molar-refractivity contribution in [1.82, 2.24) is 19.7 Å². The van der Waals surface area contributed by atoms with Gasteiger partial charge in [-0.2, -0.15) is 0 Å². The number of para-hydroxylation sites is 1. The average Bonchev–Trinajstić information content (AvgIpc) is 3.11. The van der Waals surface area contributed by atoms with Gasteiger partial charge in [0.2, 0.25) is 0 Å². The third-order valence-electron chi connectivity index (χ3n) is 3.38. The maximum absolute atomic E-state index is 4.56. The van der Waals surface area contributed by atoms with E-state index in [1.54, 1.807) is 11.3 Å². The number of hydrogen-bond acceptors (Lipinski definition) is 5. The fourth-order valence-electron chi connectivity index (χ4n) is 2.44. The van der Waals surface area contributed by atoms with E-state index in [4.69, 9.17) is 0 Å². The van der Waals surface area contributed by atoms with Gasteiger partial charge in [0.1, 0.15) is 5.82 Å². The molecular formula is C13H13N5S. The molecule has 1 N–H and O–H groups in total. The van der Waals surface area contributed by atoms with Gasteiger partial charge >= 0.3 is 0 Å². The van der Waals surface area contributed by atoms with E-state index in [0.29, 0.717) is 6.54 Å². The summed E-state index contributed by atoms with van der Waals surface area (Å²) in [6.45, 7) is 1.73. The van der Waals surface area contributed by atoms with Crippen LogP contribution in [0.1, 0.15) is 18.1 Å². The first-order chi connectivity index (χ1) is 9.40. The molecule has 2 aromatic heterocycles. The topological polar surface area (TPSA) is 55.6 Å². The summed E-state index contributed by atoms with van der Waals surface area (Å²) in [6.07, 6.45) is 2.23. The number of rotatable bonds is 3. The number of nitrogens with zero attached hydrogens (tertiary/aromatic N) is 4. The van der Waals surface area contributed by atoms with Gasteiger partial charge in [0, 0.05) is 13.0 Å². The molecule has 3 heterocycles. The van der Waals surface area contributed by atoms with Gasteiger partial charge in [-0.3, -0.25) is 0 Å². The third kappa shape index (κ3) is 1.88. The number of benzene rings is 1. The van der Waals surface area contributed by atoms with Gasteiger partial charge in [0.15, 0.2) is 11.0 Å². The van der Waals surface area contributed by atoms with Gasteiger partial charge < -0.3 is 9.88 Å². The quantitative estimate of drug-likeness (QED) is 0.795. The molecule has 0 bridgehead atoms. The van der Waals surface area contributed by atoms with Gasteiger partial charge in [0.25, 0.3) is 0 Å². The smallest absolute Gasteiger partial charge is 0.184 e. The normalized spacial score (nSPS) is 13.9. The summed E-state index contributed by atoms with van der Waals surface area (Å²) in [6, 6.07) is 8.17. The Labute approximate surface area is 114 Å². The number of hydrogen-bond donors (Lipinski definition) is 1. The lowest BCUT2D eigenvalue weighted by Gasteiger charge is -2.03. The van der Waals surface area contributed by atoms with E-state index in [1.165, 1.54) is 11.1 Å². The largest absolute Gasteiger partial charge is 0.354 e. The molecule has 0 radical (unpaired) electrons. The summed E-state index contributed by atoms with van der Waals surface area (Å²) in [5.41, 5.74) is 1.04. The van der Waals surface area contributed by atoms with Crippen molar-refractivity contribution in [2.45, 2.75) is 25.9 Å². The minimum atomic E-state index is 0.687. The number of aryl methyl sites for hydroxylation is 1. The maximum atomic E-state index is 4.56. The molecule has 4 rings (SSSR count). The Balaban J connectivity index is 1.55. The van der Waals surface area contributed by atoms with E-state index in [1.807, 2.05) is 18.2 Å². The van der Waals surface area contributed by atoms with Crippen LogP contribution >= 0.6 is 11.3 Å². The Morgan fingerprint density at radius 3 is 3.16 bits per heavy atom. The summed E-state index contributed by atoms with van der Waals surface area (Å²) < 4.78 is 3.41. The summed E-state index contributed by atoms with van der Waals surface area (Å²) in [4.78, 5) is 4.56. The predicted octanol–water partition coefficient (Wildman–Crippen LogP) is 2.45. The first kappa shape index (κ1) is 10.9. The molecule has 1 aliphatic rings. The molecule has 0 spiro atoms. The maximum Gasteiger partial charge on any atom is 0.184 e. The molecule has 0 amide bonds. The van der Waals surface area contributed by atoms with Crippen LogP contribution in [0.3, 0.4) is 0 Å². The highest BCUT2D eigenvalue weighted by Crippen LogP contribution is 2.25. The summed E-state index contributed by atoms with van der Waals surface area (Å²) in [7, 11) is 0. The highest BCUT2D eigenvalue weighted by Gasteiger charge is 2.17. The van der Waals surface area contributed by atoms with Crippen molar-refractivity contribution >= 4 is 26.7 Å². The number of nitrogens with one attached hydrogen (secondary N) is 1. The van der Waals surface area contributed by atoms with E-state index < -0.39 is 0 Å². The van der Waals surface area contributed by atoms with E-state index in [2.05, 4.69) is 31.1 Å². The second kappa shape index (κ2) is 4.31. The molecule has 19 heavy (non-hydrogen) atoms. The third-order valence-corrected chi connectivity index (χ3v) is 4.37. The molecule has 1 aliphatic heterocycles. The lowest BCUT2D eigenvalue weighted by molar-refractivity contribution is 0.696. The van der Waals surface area contributed by atoms with Gasteiger partial charge in [-0.15, -0.1) is 10.2 Å². The van der Waals surface area contributed by atoms with E-state index in [9.17, 15) is 0 Å². The zero-order valence-corrected chi connectivity index (χ0v) is 11.2. The van der Waals surface area contributed by atoms with Crippen LogP contribution in [0, 0.1) is 0 Å². The van der Waals surface area contributed by atoms with Crippen LogP contribution in [-0.4, -0.2) is 19.7 Å². The van der Waals surface area contributed by atoms with Crippen molar-refractivity contribution in [3.05, 3.63) is 35.9 Å². The minimum absolute atomic E-state index is 0.687. The van der Waals surface area contributed by atoms with Crippen molar-refractivity contribution in [2.24, 2.45) is 0 Å². The Hall–Kier alpha value is -1.95. The number of aromatic nitrogens is 4. The van der Waals surface area contributed by atoms with Crippen molar-refractivity contribution in [3.63, 3.8) is 0 Å². The first-order valence-electron chi connectivity index (χ1n) is 6.40. The van der Waals surface area contributed by atoms with Crippen molar-refractivity contribution in [3.8, 4) is 0 Å². The molecule has 96 valence electrons. The van der Waals surface area contributed by atoms with Crippen LogP contribution in [-0.2, 0) is 19.5 Å². The zero-order chi connectivity index (χ0) is 12.7. The first-order valence-corrected chi connectivity index (χ1v) is 7.22. The molecule has 6 heteroatoms. The molecule has 0 atom stereocenters. The molecule has 1 aromatic carbocycles. The van der Waals surface area contributed by atoms with Crippen molar-refractivity contribution in [1.29, 1.82) is 0 Å². The Morgan fingerprint density at radius 1 is 1.26 bits per heavy atom. The van der Waals surface area contributed by atoms with E-state index in [0.717, 1.165) is 35.3 Å². The van der Waals surface area contributed by atoms with E-state index >= 15 is 0 Å². The molecule has 0 fully saturated rings. The number of fused-ring (bicyclic) bond motifs is 2.